The molecule has 1 heterocycles. The molecule has 0 aliphatic heterocycles. The van der Waals surface area contributed by atoms with Crippen LogP contribution in [0, 0.1) is 0 Å². The number of aliphatic carboxylic acids is 1. The topological polar surface area (TPSA) is 75.4 Å². The Hall–Kier alpha value is -2.15. The van der Waals surface area contributed by atoms with E-state index in [1.165, 1.54) is 4.90 Å². The third kappa shape index (κ3) is 3.19. The molecule has 3 rings (SSSR count). The summed E-state index contributed by atoms with van der Waals surface area (Å²) in [5.74, 6) is -1.34. The smallest absolute Gasteiger partial charge is 0.323 e. The zero-order chi connectivity index (χ0) is 15.7. The van der Waals surface area contributed by atoms with Crippen LogP contribution in [0.15, 0.2) is 41.0 Å². The summed E-state index contributed by atoms with van der Waals surface area (Å²) >= 11 is 3.39. The molecule has 22 heavy (non-hydrogen) atoms. The molecule has 0 unspecified atom stereocenters. The Kier molecular flexibility index (Phi) is 3.98. The number of hydrogen-bond acceptors (Lipinski definition) is 3. The molecule has 6 nitrogen and oxygen atoms in total. The number of carbonyl (C=O) groups is 2. The third-order valence-electron chi connectivity index (χ3n) is 3.44. The van der Waals surface area contributed by atoms with E-state index in [4.69, 9.17) is 5.11 Å². The normalized spacial score (nSPS) is 13.9. The second-order valence-electron chi connectivity index (χ2n) is 5.18. The number of halogens is 1. The van der Waals surface area contributed by atoms with Crippen LogP contribution in [0.5, 0.6) is 0 Å². The molecule has 1 amide bonds. The molecule has 7 heteroatoms. The maximum absolute atomic E-state index is 12.5. The average molecular weight is 364 g/mol. The molecule has 1 fully saturated rings. The van der Waals surface area contributed by atoms with Crippen molar-refractivity contribution in [3.8, 4) is 5.69 Å². The van der Waals surface area contributed by atoms with Gasteiger partial charge in [-0.25, -0.2) is 4.68 Å². The molecule has 0 spiro atoms. The first-order valence-electron chi connectivity index (χ1n) is 6.89. The second kappa shape index (κ2) is 5.92. The lowest BCUT2D eigenvalue weighted by molar-refractivity contribution is -0.137. The van der Waals surface area contributed by atoms with Gasteiger partial charge in [-0.15, -0.1) is 0 Å². The maximum atomic E-state index is 12.5. The summed E-state index contributed by atoms with van der Waals surface area (Å²) in [6.07, 6.45) is 3.40. The summed E-state index contributed by atoms with van der Waals surface area (Å²) in [5, 5.41) is 13.2. The van der Waals surface area contributed by atoms with Crippen LogP contribution in [0.3, 0.4) is 0 Å². The molecule has 1 aromatic heterocycles. The maximum Gasteiger partial charge on any atom is 0.323 e. The van der Waals surface area contributed by atoms with Crippen molar-refractivity contribution in [3.63, 3.8) is 0 Å². The second-order valence-corrected chi connectivity index (χ2v) is 6.10. The lowest BCUT2D eigenvalue weighted by Gasteiger charge is -2.18. The summed E-state index contributed by atoms with van der Waals surface area (Å²) in [5.41, 5.74) is 1.08. The zero-order valence-electron chi connectivity index (χ0n) is 11.6. The molecule has 114 valence electrons. The van der Waals surface area contributed by atoms with Crippen molar-refractivity contribution < 1.29 is 14.7 Å². The number of rotatable bonds is 5. The Morgan fingerprint density at radius 3 is 2.77 bits per heavy atom. The minimum absolute atomic E-state index is 0.0274. The fourth-order valence-electron chi connectivity index (χ4n) is 2.25. The molecule has 1 aliphatic rings. The van der Waals surface area contributed by atoms with E-state index in [9.17, 15) is 9.59 Å². The Labute approximate surface area is 135 Å². The van der Waals surface area contributed by atoms with Gasteiger partial charge in [-0.2, -0.15) is 5.10 Å². The highest BCUT2D eigenvalue weighted by Crippen LogP contribution is 2.28. The van der Waals surface area contributed by atoms with Gasteiger partial charge in [0.15, 0.2) is 5.69 Å². The molecule has 1 saturated carbocycles. The van der Waals surface area contributed by atoms with E-state index in [1.807, 2.05) is 24.3 Å². The summed E-state index contributed by atoms with van der Waals surface area (Å²) in [6.45, 7) is -0.284. The number of amides is 1. The molecule has 0 bridgehead atoms. The van der Waals surface area contributed by atoms with Crippen LogP contribution < -0.4 is 0 Å². The minimum atomic E-state index is -1.01. The minimum Gasteiger partial charge on any atom is -0.480 e. The first-order valence-corrected chi connectivity index (χ1v) is 7.68. The number of hydrogen-bond donors (Lipinski definition) is 1. The fraction of sp³-hybridized carbons (Fsp3) is 0.267. The summed E-state index contributed by atoms with van der Waals surface area (Å²) < 4.78 is 2.52. The van der Waals surface area contributed by atoms with Gasteiger partial charge in [0.2, 0.25) is 0 Å². The van der Waals surface area contributed by atoms with Crippen LogP contribution in [-0.4, -0.2) is 44.3 Å². The Balaban J connectivity index is 1.83. The Morgan fingerprint density at radius 2 is 2.14 bits per heavy atom. The van der Waals surface area contributed by atoms with Gasteiger partial charge in [-0.3, -0.25) is 9.59 Å². The van der Waals surface area contributed by atoms with Crippen LogP contribution in [0.1, 0.15) is 23.3 Å². The molecular formula is C15H14BrN3O3. The summed E-state index contributed by atoms with van der Waals surface area (Å²) in [6, 6.07) is 9.18. The van der Waals surface area contributed by atoms with Crippen molar-refractivity contribution >= 4 is 27.8 Å². The highest BCUT2D eigenvalue weighted by atomic mass is 79.9. The fourth-order valence-corrected chi connectivity index (χ4v) is 2.63. The number of benzene rings is 1. The lowest BCUT2D eigenvalue weighted by atomic mass is 10.3. The van der Waals surface area contributed by atoms with Gasteiger partial charge < -0.3 is 10.0 Å². The quantitative estimate of drug-likeness (QED) is 0.884. The van der Waals surface area contributed by atoms with E-state index in [-0.39, 0.29) is 24.2 Å². The van der Waals surface area contributed by atoms with Crippen molar-refractivity contribution in [2.45, 2.75) is 18.9 Å². The molecule has 1 N–H and O–H groups in total. The Morgan fingerprint density at radius 1 is 1.36 bits per heavy atom. The zero-order valence-corrected chi connectivity index (χ0v) is 13.2. The van der Waals surface area contributed by atoms with Crippen molar-refractivity contribution in [1.29, 1.82) is 0 Å². The molecule has 0 saturated heterocycles. The average Bonchev–Trinajstić information content (AvgIpc) is 3.20. The van der Waals surface area contributed by atoms with E-state index >= 15 is 0 Å². The molecule has 1 aliphatic carbocycles. The van der Waals surface area contributed by atoms with E-state index in [0.29, 0.717) is 0 Å². The molecule has 1 aromatic carbocycles. The first kappa shape index (κ1) is 14.8. The monoisotopic (exact) mass is 363 g/mol. The number of carboxylic acids is 1. The Bertz CT molecular complexity index is 724. The summed E-state index contributed by atoms with van der Waals surface area (Å²) in [4.78, 5) is 24.8. The van der Waals surface area contributed by atoms with Crippen LogP contribution in [0.2, 0.25) is 0 Å². The van der Waals surface area contributed by atoms with Gasteiger partial charge in [0.25, 0.3) is 5.91 Å². The number of nitrogens with zero attached hydrogens (tertiary/aromatic N) is 3. The van der Waals surface area contributed by atoms with Crippen molar-refractivity contribution in [2.24, 2.45) is 0 Å². The SMILES string of the molecule is O=C(O)CN(C(=O)c1ccn(-c2cccc(Br)c2)n1)C1CC1. The third-order valence-corrected chi connectivity index (χ3v) is 3.93. The molecule has 2 aromatic rings. The van der Waals surface area contributed by atoms with Crippen LogP contribution in [0.25, 0.3) is 5.69 Å². The molecule has 0 atom stereocenters. The number of aromatic nitrogens is 2. The predicted molar refractivity (Wildman–Crippen MR) is 83.0 cm³/mol. The van der Waals surface area contributed by atoms with Crippen molar-refractivity contribution in [2.75, 3.05) is 6.54 Å². The van der Waals surface area contributed by atoms with E-state index < -0.39 is 5.97 Å². The van der Waals surface area contributed by atoms with Gasteiger partial charge >= 0.3 is 5.97 Å². The van der Waals surface area contributed by atoms with Gasteiger partial charge in [0.1, 0.15) is 6.54 Å². The summed E-state index contributed by atoms with van der Waals surface area (Å²) in [7, 11) is 0. The van der Waals surface area contributed by atoms with Crippen LogP contribution in [0.4, 0.5) is 0 Å². The van der Waals surface area contributed by atoms with E-state index in [1.54, 1.807) is 16.9 Å². The van der Waals surface area contributed by atoms with E-state index in [2.05, 4.69) is 21.0 Å². The van der Waals surface area contributed by atoms with Gasteiger partial charge in [0, 0.05) is 16.7 Å². The van der Waals surface area contributed by atoms with Crippen molar-refractivity contribution in [3.05, 3.63) is 46.7 Å². The first-order chi connectivity index (χ1) is 10.5. The predicted octanol–water partition coefficient (Wildman–Crippen LogP) is 2.32. The molecule has 0 radical (unpaired) electrons. The number of carboxylic acid groups (broad SMARTS) is 1. The highest BCUT2D eigenvalue weighted by Gasteiger charge is 2.35. The largest absolute Gasteiger partial charge is 0.480 e. The van der Waals surface area contributed by atoms with E-state index in [0.717, 1.165) is 23.0 Å². The van der Waals surface area contributed by atoms with Gasteiger partial charge in [-0.05, 0) is 37.1 Å². The van der Waals surface area contributed by atoms with Gasteiger partial charge in [0.05, 0.1) is 5.69 Å². The van der Waals surface area contributed by atoms with Gasteiger partial charge in [-0.1, -0.05) is 22.0 Å². The van der Waals surface area contributed by atoms with Crippen LogP contribution in [-0.2, 0) is 4.79 Å². The lowest BCUT2D eigenvalue weighted by Crippen LogP contribution is -2.37. The standard InChI is InChI=1S/C15H14BrN3O3/c16-10-2-1-3-12(8-10)19-7-6-13(17-19)15(22)18(9-14(20)21)11-4-5-11/h1-3,6-8,11H,4-5,9H2,(H,20,21). The highest BCUT2D eigenvalue weighted by molar-refractivity contribution is 9.10. The molecular weight excluding hydrogens is 350 g/mol. The van der Waals surface area contributed by atoms with Crippen LogP contribution >= 0.6 is 15.9 Å². The van der Waals surface area contributed by atoms with Crippen molar-refractivity contribution in [1.82, 2.24) is 14.7 Å². The number of carbonyl (C=O) groups excluding carboxylic acids is 1.